The first-order valence-corrected chi connectivity index (χ1v) is 11.7. The summed E-state index contributed by atoms with van der Waals surface area (Å²) >= 11 is 0. The molecular weight excluding hydrogens is 216 g/mol. The summed E-state index contributed by atoms with van der Waals surface area (Å²) in [6.45, 7) is 10.9. The lowest BCUT2D eigenvalue weighted by molar-refractivity contribution is 0.323. The van der Waals surface area contributed by atoms with E-state index in [1.807, 2.05) is 0 Å². The number of hydrogen-bond acceptors (Lipinski definition) is 3. The van der Waals surface area contributed by atoms with Crippen molar-refractivity contribution in [2.45, 2.75) is 39.2 Å². The topological polar surface area (TPSA) is 27.7 Å². The van der Waals surface area contributed by atoms with E-state index in [1.165, 1.54) is 0 Å². The van der Waals surface area contributed by atoms with Gasteiger partial charge in [0.05, 0.1) is 0 Å². The molecule has 13 heavy (non-hydrogen) atoms. The molecule has 80 valence electrons. The first kappa shape index (κ1) is 13.5. The molecule has 0 radical (unpaired) electrons. The van der Waals surface area contributed by atoms with Crippen molar-refractivity contribution in [1.29, 1.82) is 0 Å². The van der Waals surface area contributed by atoms with Crippen LogP contribution in [0.25, 0.3) is 0 Å². The first-order chi connectivity index (χ1) is 5.83. The molecule has 0 N–H and O–H groups in total. The smallest absolute Gasteiger partial charge is 0.312 e. The average molecular weight is 239 g/mol. The summed E-state index contributed by atoms with van der Waals surface area (Å²) in [7, 11) is -2.45. The highest BCUT2D eigenvalue weighted by Crippen LogP contribution is 2.18. The van der Waals surface area contributed by atoms with Crippen LogP contribution in [-0.4, -0.2) is 34.0 Å². The van der Waals surface area contributed by atoms with Gasteiger partial charge in [0.25, 0.3) is 10.0 Å². The third-order valence-electron chi connectivity index (χ3n) is 1.90. The van der Waals surface area contributed by atoms with Gasteiger partial charge in [0.2, 0.25) is 0 Å². The van der Waals surface area contributed by atoms with E-state index in [-0.39, 0.29) is 0 Å². The molecule has 0 aliphatic rings. The van der Waals surface area contributed by atoms with Crippen LogP contribution in [0.2, 0.25) is 32.2 Å². The van der Waals surface area contributed by atoms with Crippen LogP contribution in [0, 0.1) is 0 Å². The van der Waals surface area contributed by atoms with Crippen LogP contribution in [0.5, 0.6) is 0 Å². The van der Waals surface area contributed by atoms with E-state index in [9.17, 15) is 0 Å². The lowest BCUT2D eigenvalue weighted by Crippen LogP contribution is -2.47. The van der Waals surface area contributed by atoms with E-state index < -0.39 is 26.9 Å². The Morgan fingerprint density at radius 3 is 2.08 bits per heavy atom. The summed E-state index contributed by atoms with van der Waals surface area (Å²) in [5.41, 5.74) is 0. The van der Waals surface area contributed by atoms with E-state index in [0.717, 1.165) is 6.04 Å². The van der Waals surface area contributed by atoms with Crippen LogP contribution in [0.4, 0.5) is 0 Å². The summed E-state index contributed by atoms with van der Waals surface area (Å²) in [4.78, 5) is 0. The van der Waals surface area contributed by atoms with Crippen molar-refractivity contribution in [1.82, 2.24) is 0 Å². The summed E-state index contributed by atoms with van der Waals surface area (Å²) < 4.78 is 16.8. The van der Waals surface area contributed by atoms with Gasteiger partial charge in [-0.05, 0) is 32.2 Å². The summed E-state index contributed by atoms with van der Waals surface area (Å²) in [5.74, 6) is 0. The van der Waals surface area contributed by atoms with E-state index >= 15 is 0 Å². The Morgan fingerprint density at radius 1 is 1.15 bits per heavy atom. The minimum Gasteiger partial charge on any atom is -0.436 e. The Morgan fingerprint density at radius 2 is 1.69 bits per heavy atom. The molecule has 3 nitrogen and oxygen atoms in total. The van der Waals surface area contributed by atoms with E-state index in [4.69, 9.17) is 12.7 Å². The van der Waals surface area contributed by atoms with Gasteiger partial charge in [-0.2, -0.15) is 0 Å². The summed E-state index contributed by atoms with van der Waals surface area (Å²) in [6, 6.07) is 1.14. The highest BCUT2D eigenvalue weighted by molar-refractivity contribution is 6.83. The Bertz CT molecular complexity index is 150. The Hall–Kier alpha value is 0.531. The normalized spacial score (nSPS) is 14.3. The zero-order valence-corrected chi connectivity index (χ0v) is 13.1. The highest BCUT2D eigenvalue weighted by atomic mass is 28.5. The van der Waals surface area contributed by atoms with Crippen molar-refractivity contribution < 1.29 is 12.7 Å². The second kappa shape index (κ2) is 5.42. The lowest BCUT2D eigenvalue weighted by Gasteiger charge is -2.32. The molecule has 0 unspecified atom stereocenters. The molecule has 0 rings (SSSR count). The van der Waals surface area contributed by atoms with Gasteiger partial charge >= 0.3 is 8.56 Å². The molecule has 0 spiro atoms. The van der Waals surface area contributed by atoms with Gasteiger partial charge < -0.3 is 12.7 Å². The predicted molar refractivity (Wildman–Crippen MR) is 63.2 cm³/mol. The van der Waals surface area contributed by atoms with Crippen molar-refractivity contribution in [2.24, 2.45) is 0 Å². The maximum atomic E-state index is 6.09. The van der Waals surface area contributed by atoms with Gasteiger partial charge in [-0.3, -0.25) is 0 Å². The number of rotatable bonds is 6. The Labute approximate surface area is 86.2 Å². The van der Waals surface area contributed by atoms with Gasteiger partial charge in [-0.15, -0.1) is 0 Å². The first-order valence-electron chi connectivity index (χ1n) is 4.66. The standard InChI is InChI=1S/C7H22O3Si3/c1-7-12(3,4)10-13(5,6)9-11-8-2/h7,11H2,1-6H3. The average Bonchev–Trinajstić information content (AvgIpc) is 1.99. The second-order valence-electron chi connectivity index (χ2n) is 4.17. The van der Waals surface area contributed by atoms with Crippen molar-refractivity contribution >= 4 is 26.9 Å². The molecular formula is C7H22O3Si3. The predicted octanol–water partition coefficient (Wildman–Crippen LogP) is 1.59. The second-order valence-corrected chi connectivity index (χ2v) is 14.0. The molecule has 0 saturated heterocycles. The summed E-state index contributed by atoms with van der Waals surface area (Å²) in [5, 5.41) is 0. The maximum absolute atomic E-state index is 6.09. The maximum Gasteiger partial charge on any atom is 0.312 e. The zero-order chi connectivity index (χ0) is 10.5. The largest absolute Gasteiger partial charge is 0.436 e. The minimum absolute atomic E-state index is 0.800. The quantitative estimate of drug-likeness (QED) is 0.658. The van der Waals surface area contributed by atoms with E-state index in [0.29, 0.717) is 0 Å². The van der Waals surface area contributed by atoms with Gasteiger partial charge in [0.1, 0.15) is 0 Å². The molecule has 0 aromatic carbocycles. The molecule has 0 fully saturated rings. The van der Waals surface area contributed by atoms with Crippen LogP contribution in [0.15, 0.2) is 0 Å². The van der Waals surface area contributed by atoms with Gasteiger partial charge in [0.15, 0.2) is 8.32 Å². The Balaban J connectivity index is 4.00. The van der Waals surface area contributed by atoms with Crippen molar-refractivity contribution in [3.8, 4) is 0 Å². The van der Waals surface area contributed by atoms with Crippen molar-refractivity contribution in [3.05, 3.63) is 0 Å². The molecule has 0 aliphatic carbocycles. The van der Waals surface area contributed by atoms with E-state index in [1.54, 1.807) is 7.11 Å². The molecule has 0 bridgehead atoms. The van der Waals surface area contributed by atoms with Crippen molar-refractivity contribution in [2.75, 3.05) is 7.11 Å². The fourth-order valence-corrected chi connectivity index (χ4v) is 9.24. The number of hydrogen-bond donors (Lipinski definition) is 0. The van der Waals surface area contributed by atoms with Crippen LogP contribution < -0.4 is 0 Å². The third-order valence-corrected chi connectivity index (χ3v) is 11.3. The third kappa shape index (κ3) is 6.58. The highest BCUT2D eigenvalue weighted by Gasteiger charge is 2.32. The Kier molecular flexibility index (Phi) is 5.64. The molecule has 0 atom stereocenters. The van der Waals surface area contributed by atoms with Crippen molar-refractivity contribution in [3.63, 3.8) is 0 Å². The molecule has 0 aromatic heterocycles. The fourth-order valence-electron chi connectivity index (χ4n) is 0.968. The van der Waals surface area contributed by atoms with Crippen LogP contribution >= 0.6 is 0 Å². The van der Waals surface area contributed by atoms with Crippen LogP contribution in [0.1, 0.15) is 6.92 Å². The zero-order valence-electron chi connectivity index (χ0n) is 9.64. The molecule has 0 amide bonds. The summed E-state index contributed by atoms with van der Waals surface area (Å²) in [6.07, 6.45) is 0. The molecule has 0 heterocycles. The van der Waals surface area contributed by atoms with Crippen LogP contribution in [-0.2, 0) is 12.7 Å². The van der Waals surface area contributed by atoms with E-state index in [2.05, 4.69) is 33.1 Å². The molecule has 0 aliphatic heterocycles. The monoisotopic (exact) mass is 238 g/mol. The van der Waals surface area contributed by atoms with Crippen LogP contribution in [0.3, 0.4) is 0 Å². The lowest BCUT2D eigenvalue weighted by atomic mass is 11.0. The van der Waals surface area contributed by atoms with Gasteiger partial charge in [-0.25, -0.2) is 0 Å². The molecule has 0 saturated carbocycles. The fraction of sp³-hybridized carbons (Fsp3) is 1.00. The molecule has 0 aromatic rings. The van der Waals surface area contributed by atoms with Gasteiger partial charge in [0, 0.05) is 7.11 Å². The SMILES string of the molecule is CC[Si](C)(C)O[Si](C)(C)O[SiH2]OC. The molecule has 6 heteroatoms. The van der Waals surface area contributed by atoms with Gasteiger partial charge in [-0.1, -0.05) is 6.92 Å². The minimum atomic E-state index is -1.88.